The molecule has 0 aromatic heterocycles. The molecule has 2 fully saturated rings. The quantitative estimate of drug-likeness (QED) is 0.444. The fourth-order valence-electron chi connectivity index (χ4n) is 1.25. The monoisotopic (exact) mass is 128 g/mol. The van der Waals surface area contributed by atoms with Crippen molar-refractivity contribution in [3.05, 3.63) is 0 Å². The number of ether oxygens (including phenoxy) is 2. The smallest absolute Gasteiger partial charge is 0.337 e. The molecular formula is C6H8O3. The lowest BCUT2D eigenvalue weighted by Gasteiger charge is -2.13. The highest BCUT2D eigenvalue weighted by molar-refractivity contribution is 5.76. The molecular weight excluding hydrogens is 120 g/mol. The summed E-state index contributed by atoms with van der Waals surface area (Å²) in [6.07, 6.45) is 2.33. The fraction of sp³-hybridized carbons (Fsp3) is 0.833. The Morgan fingerprint density at radius 1 is 1.44 bits per heavy atom. The van der Waals surface area contributed by atoms with Crippen LogP contribution in [0.25, 0.3) is 0 Å². The van der Waals surface area contributed by atoms with Gasteiger partial charge in [0.25, 0.3) is 0 Å². The Kier molecular flexibility index (Phi) is 0.990. The highest BCUT2D eigenvalue weighted by Gasteiger charge is 2.38. The molecule has 0 amide bonds. The molecule has 0 N–H and O–H groups in total. The standard InChI is InChI=1S/C6H8O3/c7-6-4-2-1-3-5(8-4)9-6/h4-5H,1-3H2/t4-,5-/m1/s1. The number of hydrogen-bond acceptors (Lipinski definition) is 3. The van der Waals surface area contributed by atoms with Crippen molar-refractivity contribution in [3.63, 3.8) is 0 Å². The first-order chi connectivity index (χ1) is 4.36. The molecule has 0 aliphatic carbocycles. The van der Waals surface area contributed by atoms with E-state index in [1.165, 1.54) is 0 Å². The maximum absolute atomic E-state index is 10.7. The van der Waals surface area contributed by atoms with E-state index in [9.17, 15) is 4.79 Å². The topological polar surface area (TPSA) is 35.5 Å². The lowest BCUT2D eigenvalue weighted by Crippen LogP contribution is -2.19. The van der Waals surface area contributed by atoms with Gasteiger partial charge in [-0.3, -0.25) is 0 Å². The van der Waals surface area contributed by atoms with Crippen LogP contribution in [-0.2, 0) is 14.3 Å². The molecule has 3 heteroatoms. The van der Waals surface area contributed by atoms with Crippen LogP contribution in [0.5, 0.6) is 0 Å². The minimum atomic E-state index is -0.233. The molecule has 0 unspecified atom stereocenters. The largest absolute Gasteiger partial charge is 0.434 e. The highest BCUT2D eigenvalue weighted by atomic mass is 16.8. The maximum Gasteiger partial charge on any atom is 0.337 e. The van der Waals surface area contributed by atoms with Crippen LogP contribution < -0.4 is 0 Å². The van der Waals surface area contributed by atoms with Gasteiger partial charge in [0.15, 0.2) is 6.10 Å². The summed E-state index contributed by atoms with van der Waals surface area (Å²) in [4.78, 5) is 10.7. The summed E-state index contributed by atoms with van der Waals surface area (Å²) in [6, 6.07) is 0. The number of hydrogen-bond donors (Lipinski definition) is 0. The lowest BCUT2D eigenvalue weighted by molar-refractivity contribution is -0.143. The Hall–Kier alpha value is -0.570. The molecule has 2 atom stereocenters. The molecule has 2 aliphatic rings. The van der Waals surface area contributed by atoms with Gasteiger partial charge in [0, 0.05) is 6.42 Å². The molecule has 0 aromatic carbocycles. The van der Waals surface area contributed by atoms with Crippen molar-refractivity contribution in [3.8, 4) is 0 Å². The first-order valence-electron chi connectivity index (χ1n) is 3.22. The summed E-state index contributed by atoms with van der Waals surface area (Å²) in [6.45, 7) is 0. The lowest BCUT2D eigenvalue weighted by atomic mass is 10.1. The van der Waals surface area contributed by atoms with E-state index in [1.54, 1.807) is 0 Å². The first-order valence-corrected chi connectivity index (χ1v) is 3.22. The van der Waals surface area contributed by atoms with Crippen molar-refractivity contribution < 1.29 is 14.3 Å². The first kappa shape index (κ1) is 5.23. The summed E-state index contributed by atoms with van der Waals surface area (Å²) in [5, 5.41) is 0. The molecule has 0 saturated carbocycles. The summed E-state index contributed by atoms with van der Waals surface area (Å²) >= 11 is 0. The van der Waals surface area contributed by atoms with E-state index >= 15 is 0 Å². The molecule has 0 radical (unpaired) electrons. The SMILES string of the molecule is O=C1O[C@@H]2CCC[C@H]1O2. The van der Waals surface area contributed by atoms with Crippen LogP contribution in [0.1, 0.15) is 19.3 Å². The van der Waals surface area contributed by atoms with E-state index in [0.29, 0.717) is 0 Å². The molecule has 2 aliphatic heterocycles. The predicted molar refractivity (Wildman–Crippen MR) is 28.6 cm³/mol. The number of carbonyl (C=O) groups is 1. The van der Waals surface area contributed by atoms with Gasteiger partial charge >= 0.3 is 5.97 Å². The fourth-order valence-corrected chi connectivity index (χ4v) is 1.25. The van der Waals surface area contributed by atoms with Crippen molar-refractivity contribution in [1.82, 2.24) is 0 Å². The third kappa shape index (κ3) is 0.721. The zero-order valence-corrected chi connectivity index (χ0v) is 5.00. The van der Waals surface area contributed by atoms with Crippen LogP contribution in [-0.4, -0.2) is 18.4 Å². The van der Waals surface area contributed by atoms with Crippen LogP contribution in [0, 0.1) is 0 Å². The third-order valence-corrected chi connectivity index (χ3v) is 1.73. The van der Waals surface area contributed by atoms with Crippen molar-refractivity contribution in [2.45, 2.75) is 31.7 Å². The number of rotatable bonds is 0. The molecule has 0 aromatic rings. The highest BCUT2D eigenvalue weighted by Crippen LogP contribution is 2.27. The Bertz CT molecular complexity index is 143. The number of esters is 1. The van der Waals surface area contributed by atoms with E-state index in [0.717, 1.165) is 19.3 Å². The van der Waals surface area contributed by atoms with Gasteiger partial charge in [0.05, 0.1) is 0 Å². The Morgan fingerprint density at radius 3 is 3.00 bits per heavy atom. The second-order valence-corrected chi connectivity index (χ2v) is 2.42. The normalized spacial score (nSPS) is 40.7. The Balaban J connectivity index is 2.15. The van der Waals surface area contributed by atoms with Crippen molar-refractivity contribution in [2.24, 2.45) is 0 Å². The van der Waals surface area contributed by atoms with E-state index in [1.807, 2.05) is 0 Å². The van der Waals surface area contributed by atoms with E-state index < -0.39 is 0 Å². The average molecular weight is 128 g/mol. The molecule has 2 heterocycles. The van der Waals surface area contributed by atoms with Gasteiger partial charge in [-0.15, -0.1) is 0 Å². The molecule has 3 nitrogen and oxygen atoms in total. The van der Waals surface area contributed by atoms with Crippen LogP contribution >= 0.6 is 0 Å². The predicted octanol–water partition coefficient (Wildman–Crippen LogP) is 0.438. The van der Waals surface area contributed by atoms with E-state index in [-0.39, 0.29) is 18.4 Å². The molecule has 50 valence electrons. The van der Waals surface area contributed by atoms with Crippen LogP contribution in [0.4, 0.5) is 0 Å². The second kappa shape index (κ2) is 1.70. The summed E-state index contributed by atoms with van der Waals surface area (Å²) < 4.78 is 9.96. The molecule has 9 heavy (non-hydrogen) atoms. The molecule has 0 spiro atoms. The zero-order chi connectivity index (χ0) is 6.27. The van der Waals surface area contributed by atoms with Crippen molar-refractivity contribution in [2.75, 3.05) is 0 Å². The number of carbonyl (C=O) groups excluding carboxylic acids is 1. The summed E-state index contributed by atoms with van der Waals surface area (Å²) in [7, 11) is 0. The van der Waals surface area contributed by atoms with Crippen LogP contribution in [0.15, 0.2) is 0 Å². The molecule has 2 saturated heterocycles. The van der Waals surface area contributed by atoms with E-state index in [2.05, 4.69) is 0 Å². The Labute approximate surface area is 52.9 Å². The van der Waals surface area contributed by atoms with Crippen LogP contribution in [0.3, 0.4) is 0 Å². The maximum atomic E-state index is 10.7. The molecule has 2 rings (SSSR count). The second-order valence-electron chi connectivity index (χ2n) is 2.42. The van der Waals surface area contributed by atoms with Gasteiger partial charge in [-0.25, -0.2) is 4.79 Å². The number of fused-ring (bicyclic) bond motifs is 2. The zero-order valence-electron chi connectivity index (χ0n) is 5.00. The van der Waals surface area contributed by atoms with Gasteiger partial charge in [-0.1, -0.05) is 0 Å². The third-order valence-electron chi connectivity index (χ3n) is 1.73. The molecule has 2 bridgehead atoms. The van der Waals surface area contributed by atoms with Gasteiger partial charge < -0.3 is 9.47 Å². The van der Waals surface area contributed by atoms with Gasteiger partial charge in [-0.05, 0) is 12.8 Å². The minimum absolute atomic E-state index is 0.169. The van der Waals surface area contributed by atoms with Crippen molar-refractivity contribution >= 4 is 5.97 Å². The Morgan fingerprint density at radius 2 is 2.33 bits per heavy atom. The summed E-state index contributed by atoms with van der Waals surface area (Å²) in [5.74, 6) is -0.169. The van der Waals surface area contributed by atoms with Gasteiger partial charge in [0.2, 0.25) is 6.29 Å². The van der Waals surface area contributed by atoms with Crippen molar-refractivity contribution in [1.29, 1.82) is 0 Å². The average Bonchev–Trinajstić information content (AvgIpc) is 2.09. The van der Waals surface area contributed by atoms with Gasteiger partial charge in [-0.2, -0.15) is 0 Å². The van der Waals surface area contributed by atoms with Gasteiger partial charge in [0.1, 0.15) is 0 Å². The van der Waals surface area contributed by atoms with Crippen LogP contribution in [0.2, 0.25) is 0 Å². The minimum Gasteiger partial charge on any atom is -0.434 e. The van der Waals surface area contributed by atoms with E-state index in [4.69, 9.17) is 9.47 Å². The summed E-state index contributed by atoms with van der Waals surface area (Å²) in [5.41, 5.74) is 0.